The van der Waals surface area contributed by atoms with Gasteiger partial charge in [-0.25, -0.2) is 4.99 Å². The summed E-state index contributed by atoms with van der Waals surface area (Å²) in [4.78, 5) is 8.47. The van der Waals surface area contributed by atoms with Gasteiger partial charge in [0.15, 0.2) is 5.96 Å². The van der Waals surface area contributed by atoms with Crippen molar-refractivity contribution in [1.82, 2.24) is 10.3 Å². The number of aliphatic imine (C=N–C) groups is 1. The lowest BCUT2D eigenvalue weighted by atomic mass is 10.2. The molecule has 0 bridgehead atoms. The lowest BCUT2D eigenvalue weighted by Crippen LogP contribution is -2.38. The molecule has 86 valence electrons. The summed E-state index contributed by atoms with van der Waals surface area (Å²) < 4.78 is 0. The van der Waals surface area contributed by atoms with Crippen molar-refractivity contribution in [3.8, 4) is 0 Å². The molecule has 1 heterocycles. The molecule has 1 aromatic rings. The van der Waals surface area contributed by atoms with Gasteiger partial charge in [-0.1, -0.05) is 18.9 Å². The number of nitrogens with one attached hydrogen (secondary N) is 1. The van der Waals surface area contributed by atoms with E-state index in [9.17, 15) is 0 Å². The first-order valence-electron chi connectivity index (χ1n) is 5.81. The van der Waals surface area contributed by atoms with Crippen molar-refractivity contribution in [2.24, 2.45) is 10.7 Å². The van der Waals surface area contributed by atoms with E-state index in [2.05, 4.69) is 15.3 Å². The Balaban J connectivity index is 1.82. The van der Waals surface area contributed by atoms with E-state index in [-0.39, 0.29) is 0 Å². The quantitative estimate of drug-likeness (QED) is 0.596. The Morgan fingerprint density at radius 1 is 1.44 bits per heavy atom. The molecule has 2 rings (SSSR count). The molecular weight excluding hydrogens is 200 g/mol. The molecule has 0 atom stereocenters. The summed E-state index contributed by atoms with van der Waals surface area (Å²) in [6.07, 6.45) is 6.78. The Kier molecular flexibility index (Phi) is 3.75. The van der Waals surface area contributed by atoms with Crippen molar-refractivity contribution >= 4 is 5.96 Å². The molecule has 3 N–H and O–H groups in total. The van der Waals surface area contributed by atoms with Crippen molar-refractivity contribution in [3.05, 3.63) is 30.1 Å². The predicted molar refractivity (Wildman–Crippen MR) is 65.0 cm³/mol. The van der Waals surface area contributed by atoms with Gasteiger partial charge in [0.25, 0.3) is 0 Å². The average molecular weight is 218 g/mol. The van der Waals surface area contributed by atoms with Crippen LogP contribution in [0.15, 0.2) is 29.4 Å². The summed E-state index contributed by atoms with van der Waals surface area (Å²) >= 11 is 0. The summed E-state index contributed by atoms with van der Waals surface area (Å²) in [6, 6.07) is 6.32. The lowest BCUT2D eigenvalue weighted by Gasteiger charge is -2.11. The van der Waals surface area contributed by atoms with E-state index in [1.165, 1.54) is 25.7 Å². The van der Waals surface area contributed by atoms with Crippen LogP contribution in [0.25, 0.3) is 0 Å². The number of rotatable bonds is 3. The number of hydrogen-bond acceptors (Lipinski definition) is 2. The Bertz CT molecular complexity index is 341. The van der Waals surface area contributed by atoms with Crippen LogP contribution in [0, 0.1) is 0 Å². The van der Waals surface area contributed by atoms with Gasteiger partial charge in [-0.05, 0) is 25.0 Å². The molecule has 4 nitrogen and oxygen atoms in total. The first kappa shape index (κ1) is 10.9. The third kappa shape index (κ3) is 3.22. The minimum atomic E-state index is 0.521. The third-order valence-corrected chi connectivity index (χ3v) is 2.84. The van der Waals surface area contributed by atoms with Crippen LogP contribution in [0.3, 0.4) is 0 Å². The summed E-state index contributed by atoms with van der Waals surface area (Å²) in [6.45, 7) is 0.548. The highest BCUT2D eigenvalue weighted by Crippen LogP contribution is 2.17. The van der Waals surface area contributed by atoms with Gasteiger partial charge in [0.1, 0.15) is 0 Å². The second-order valence-electron chi connectivity index (χ2n) is 4.15. The summed E-state index contributed by atoms with van der Waals surface area (Å²) in [7, 11) is 0. The van der Waals surface area contributed by atoms with Gasteiger partial charge in [0.2, 0.25) is 0 Å². The highest BCUT2D eigenvalue weighted by atomic mass is 15.1. The van der Waals surface area contributed by atoms with Crippen LogP contribution in [0.1, 0.15) is 31.4 Å². The largest absolute Gasteiger partial charge is 0.370 e. The van der Waals surface area contributed by atoms with E-state index in [1.807, 2.05) is 18.2 Å². The van der Waals surface area contributed by atoms with Crippen LogP contribution in [0.5, 0.6) is 0 Å². The van der Waals surface area contributed by atoms with Gasteiger partial charge in [-0.2, -0.15) is 0 Å². The number of pyridine rings is 1. The van der Waals surface area contributed by atoms with E-state index in [1.54, 1.807) is 6.20 Å². The van der Waals surface area contributed by atoms with E-state index < -0.39 is 0 Å². The number of nitrogens with two attached hydrogens (primary N) is 1. The minimum Gasteiger partial charge on any atom is -0.370 e. The molecule has 0 saturated heterocycles. The molecule has 1 saturated carbocycles. The Hall–Kier alpha value is -1.58. The van der Waals surface area contributed by atoms with Crippen molar-refractivity contribution in [2.45, 2.75) is 38.3 Å². The SMILES string of the molecule is NC(=NCc1ccccn1)NC1CCCC1. The summed E-state index contributed by atoms with van der Waals surface area (Å²) in [5.74, 6) is 0.539. The van der Waals surface area contributed by atoms with E-state index in [4.69, 9.17) is 5.73 Å². The molecule has 1 aliphatic carbocycles. The summed E-state index contributed by atoms with van der Waals surface area (Å²) in [5, 5.41) is 3.25. The van der Waals surface area contributed by atoms with Crippen molar-refractivity contribution < 1.29 is 0 Å². The lowest BCUT2D eigenvalue weighted by molar-refractivity contribution is 0.625. The first-order valence-corrected chi connectivity index (χ1v) is 5.81. The van der Waals surface area contributed by atoms with E-state index >= 15 is 0 Å². The smallest absolute Gasteiger partial charge is 0.189 e. The molecule has 0 spiro atoms. The highest BCUT2D eigenvalue weighted by Gasteiger charge is 2.14. The fourth-order valence-electron chi connectivity index (χ4n) is 1.98. The van der Waals surface area contributed by atoms with E-state index in [0.717, 1.165) is 5.69 Å². The Morgan fingerprint density at radius 2 is 2.25 bits per heavy atom. The number of guanidine groups is 1. The molecular formula is C12H18N4. The summed E-state index contributed by atoms with van der Waals surface area (Å²) in [5.41, 5.74) is 6.76. The average Bonchev–Trinajstić information content (AvgIpc) is 2.81. The third-order valence-electron chi connectivity index (χ3n) is 2.84. The fourth-order valence-corrected chi connectivity index (χ4v) is 1.98. The topological polar surface area (TPSA) is 63.3 Å². The van der Waals surface area contributed by atoms with Gasteiger partial charge < -0.3 is 11.1 Å². The molecule has 16 heavy (non-hydrogen) atoms. The Morgan fingerprint density at radius 3 is 2.94 bits per heavy atom. The standard InChI is InChI=1S/C12H18N4/c13-12(16-10-5-1-2-6-10)15-9-11-7-3-4-8-14-11/h3-4,7-8,10H,1-2,5-6,9H2,(H3,13,15,16). The Labute approximate surface area is 96.0 Å². The van der Waals surface area contributed by atoms with Crippen LogP contribution in [-0.2, 0) is 6.54 Å². The van der Waals surface area contributed by atoms with Crippen LogP contribution in [-0.4, -0.2) is 17.0 Å². The second-order valence-corrected chi connectivity index (χ2v) is 4.15. The number of nitrogens with zero attached hydrogens (tertiary/aromatic N) is 2. The number of hydrogen-bond donors (Lipinski definition) is 2. The van der Waals surface area contributed by atoms with Crippen molar-refractivity contribution in [2.75, 3.05) is 0 Å². The van der Waals surface area contributed by atoms with Gasteiger partial charge in [-0.15, -0.1) is 0 Å². The molecule has 1 aromatic heterocycles. The van der Waals surface area contributed by atoms with Gasteiger partial charge in [-0.3, -0.25) is 4.98 Å². The number of aromatic nitrogens is 1. The zero-order valence-corrected chi connectivity index (χ0v) is 9.39. The molecule has 1 aliphatic rings. The predicted octanol–water partition coefficient (Wildman–Crippen LogP) is 1.43. The monoisotopic (exact) mass is 218 g/mol. The van der Waals surface area contributed by atoms with Crippen LogP contribution < -0.4 is 11.1 Å². The molecule has 0 amide bonds. The van der Waals surface area contributed by atoms with Gasteiger partial charge in [0.05, 0.1) is 12.2 Å². The van der Waals surface area contributed by atoms with Gasteiger partial charge >= 0.3 is 0 Å². The molecule has 4 heteroatoms. The normalized spacial score (nSPS) is 17.6. The zero-order valence-electron chi connectivity index (χ0n) is 9.39. The maximum Gasteiger partial charge on any atom is 0.189 e. The van der Waals surface area contributed by atoms with E-state index in [0.29, 0.717) is 18.5 Å². The first-order chi connectivity index (χ1) is 7.84. The molecule has 1 fully saturated rings. The molecule has 0 unspecified atom stereocenters. The maximum atomic E-state index is 5.81. The fraction of sp³-hybridized carbons (Fsp3) is 0.500. The maximum absolute atomic E-state index is 5.81. The van der Waals surface area contributed by atoms with Crippen LogP contribution >= 0.6 is 0 Å². The van der Waals surface area contributed by atoms with Crippen molar-refractivity contribution in [1.29, 1.82) is 0 Å². The van der Waals surface area contributed by atoms with Gasteiger partial charge in [0, 0.05) is 12.2 Å². The zero-order chi connectivity index (χ0) is 11.2. The van der Waals surface area contributed by atoms with Crippen molar-refractivity contribution in [3.63, 3.8) is 0 Å². The second kappa shape index (κ2) is 5.49. The van der Waals surface area contributed by atoms with Crippen LogP contribution in [0.4, 0.5) is 0 Å². The molecule has 0 radical (unpaired) electrons. The van der Waals surface area contributed by atoms with Crippen LogP contribution in [0.2, 0.25) is 0 Å². The minimum absolute atomic E-state index is 0.521. The molecule has 0 aliphatic heterocycles. The highest BCUT2D eigenvalue weighted by molar-refractivity contribution is 5.78. The molecule has 0 aromatic carbocycles.